The van der Waals surface area contributed by atoms with E-state index in [2.05, 4.69) is 31.1 Å². The zero-order valence-corrected chi connectivity index (χ0v) is 15.3. The zero-order valence-electron chi connectivity index (χ0n) is 15.3. The van der Waals surface area contributed by atoms with Crippen molar-refractivity contribution in [2.45, 2.75) is 32.4 Å². The zero-order chi connectivity index (χ0) is 18.4. The fourth-order valence-electron chi connectivity index (χ4n) is 4.53. The summed E-state index contributed by atoms with van der Waals surface area (Å²) in [6.45, 7) is 5.37. The van der Waals surface area contributed by atoms with Crippen LogP contribution in [0.1, 0.15) is 29.7 Å². The molecule has 1 fully saturated rings. The molecule has 2 aliphatic rings. The average molecular weight is 362 g/mol. The van der Waals surface area contributed by atoms with Crippen molar-refractivity contribution in [1.29, 1.82) is 0 Å². The molecule has 0 amide bonds. The topological polar surface area (TPSA) is 79.7 Å². The number of nitrogens with one attached hydrogen (secondary N) is 1. The van der Waals surface area contributed by atoms with Crippen LogP contribution in [0.3, 0.4) is 0 Å². The van der Waals surface area contributed by atoms with E-state index in [0.29, 0.717) is 11.8 Å². The molecule has 5 heterocycles. The summed E-state index contributed by atoms with van der Waals surface area (Å²) >= 11 is 0. The van der Waals surface area contributed by atoms with Gasteiger partial charge in [0.1, 0.15) is 5.82 Å². The van der Waals surface area contributed by atoms with Crippen LogP contribution in [0, 0.1) is 12.8 Å². The van der Waals surface area contributed by atoms with Crippen LogP contribution in [-0.4, -0.2) is 42.7 Å². The number of fused-ring (bicyclic) bond motifs is 4. The van der Waals surface area contributed by atoms with E-state index >= 15 is 0 Å². The molecule has 7 nitrogen and oxygen atoms in total. The Morgan fingerprint density at radius 2 is 2.15 bits per heavy atom. The molecule has 0 radical (unpaired) electrons. The molecule has 5 rings (SSSR count). The Balaban J connectivity index is 1.46. The molecule has 0 spiro atoms. The SMILES string of the molecule is Cc1nc(CN2C[C@@H]3C[C@H](C2)c2cc(-c4ccccn4)cc(=O)n2C3)n[nH]1. The lowest BCUT2D eigenvalue weighted by Gasteiger charge is -2.42. The molecule has 138 valence electrons. The molecule has 0 saturated carbocycles. The van der Waals surface area contributed by atoms with E-state index < -0.39 is 0 Å². The van der Waals surface area contributed by atoms with E-state index in [4.69, 9.17) is 0 Å². The third-order valence-electron chi connectivity index (χ3n) is 5.60. The predicted octanol–water partition coefficient (Wildman–Crippen LogP) is 1.96. The Morgan fingerprint density at radius 3 is 2.93 bits per heavy atom. The summed E-state index contributed by atoms with van der Waals surface area (Å²) in [5.41, 5.74) is 2.98. The number of H-pyrrole nitrogens is 1. The highest BCUT2D eigenvalue weighted by atomic mass is 16.1. The number of nitrogens with zero attached hydrogens (tertiary/aromatic N) is 5. The minimum absolute atomic E-state index is 0.0842. The second kappa shape index (κ2) is 6.42. The Bertz CT molecular complexity index is 1020. The lowest BCUT2D eigenvalue weighted by molar-refractivity contribution is 0.112. The number of pyridine rings is 2. The molecule has 27 heavy (non-hydrogen) atoms. The maximum Gasteiger partial charge on any atom is 0.251 e. The van der Waals surface area contributed by atoms with Crippen molar-refractivity contribution < 1.29 is 0 Å². The van der Waals surface area contributed by atoms with Gasteiger partial charge in [-0.05, 0) is 37.5 Å². The first-order valence-electron chi connectivity index (χ1n) is 9.42. The summed E-state index contributed by atoms with van der Waals surface area (Å²) in [6.07, 6.45) is 2.90. The van der Waals surface area contributed by atoms with Crippen molar-refractivity contribution >= 4 is 0 Å². The number of hydrogen-bond acceptors (Lipinski definition) is 5. The van der Waals surface area contributed by atoms with Crippen LogP contribution in [0.5, 0.6) is 0 Å². The van der Waals surface area contributed by atoms with Crippen molar-refractivity contribution in [3.8, 4) is 11.3 Å². The Labute approximate surface area is 157 Å². The van der Waals surface area contributed by atoms with Crippen molar-refractivity contribution in [3.05, 3.63) is 64.2 Å². The van der Waals surface area contributed by atoms with Crippen molar-refractivity contribution in [2.75, 3.05) is 13.1 Å². The molecular weight excluding hydrogens is 340 g/mol. The molecule has 2 aliphatic heterocycles. The van der Waals surface area contributed by atoms with Crippen LogP contribution >= 0.6 is 0 Å². The second-order valence-electron chi connectivity index (χ2n) is 7.66. The molecule has 1 N–H and O–H groups in total. The van der Waals surface area contributed by atoms with Gasteiger partial charge in [-0.2, -0.15) is 5.10 Å². The molecule has 2 atom stereocenters. The molecule has 0 unspecified atom stereocenters. The van der Waals surface area contributed by atoms with Gasteiger partial charge in [-0.15, -0.1) is 0 Å². The lowest BCUT2D eigenvalue weighted by Crippen LogP contribution is -2.46. The maximum atomic E-state index is 12.8. The van der Waals surface area contributed by atoms with Gasteiger partial charge in [-0.25, -0.2) is 4.98 Å². The van der Waals surface area contributed by atoms with Crippen LogP contribution in [0.25, 0.3) is 11.3 Å². The van der Waals surface area contributed by atoms with Crippen molar-refractivity contribution in [3.63, 3.8) is 0 Å². The van der Waals surface area contributed by atoms with E-state index in [1.165, 1.54) is 0 Å². The summed E-state index contributed by atoms with van der Waals surface area (Å²) in [6, 6.07) is 9.68. The van der Waals surface area contributed by atoms with Gasteiger partial charge < -0.3 is 4.57 Å². The quantitative estimate of drug-likeness (QED) is 0.770. The number of aromatic nitrogens is 5. The predicted molar refractivity (Wildman–Crippen MR) is 101 cm³/mol. The fraction of sp³-hybridized carbons (Fsp3) is 0.400. The number of rotatable bonds is 3. The standard InChI is InChI=1S/C20H22N6O/c1-13-22-19(24-23-13)12-25-9-14-6-16(11-25)18-7-15(8-20(27)26(18)10-14)17-4-2-3-5-21-17/h2-5,7-8,14,16H,6,9-12H2,1H3,(H,22,23,24)/t14-,16+/m0/s1. The van der Waals surface area contributed by atoms with E-state index in [1.54, 1.807) is 12.3 Å². The molecule has 0 aromatic carbocycles. The van der Waals surface area contributed by atoms with E-state index in [1.807, 2.05) is 29.7 Å². The lowest BCUT2D eigenvalue weighted by atomic mass is 9.82. The molecule has 1 saturated heterocycles. The van der Waals surface area contributed by atoms with Crippen molar-refractivity contribution in [1.82, 2.24) is 29.6 Å². The van der Waals surface area contributed by atoms with Gasteiger partial charge in [0.25, 0.3) is 5.56 Å². The van der Waals surface area contributed by atoms with Gasteiger partial charge in [-0.1, -0.05) is 6.07 Å². The Hall–Kier alpha value is -2.80. The van der Waals surface area contributed by atoms with Gasteiger partial charge >= 0.3 is 0 Å². The highest BCUT2D eigenvalue weighted by Gasteiger charge is 2.35. The second-order valence-corrected chi connectivity index (χ2v) is 7.66. The van der Waals surface area contributed by atoms with Gasteiger partial charge in [0.2, 0.25) is 0 Å². The van der Waals surface area contributed by atoms with Gasteiger partial charge in [-0.3, -0.25) is 19.8 Å². The smallest absolute Gasteiger partial charge is 0.251 e. The van der Waals surface area contributed by atoms with E-state index in [-0.39, 0.29) is 5.56 Å². The Kier molecular flexibility index (Phi) is 3.89. The third-order valence-corrected chi connectivity index (χ3v) is 5.60. The molecular formula is C20H22N6O. The van der Waals surface area contributed by atoms with E-state index in [9.17, 15) is 4.79 Å². The maximum absolute atomic E-state index is 12.8. The summed E-state index contributed by atoms with van der Waals surface area (Å²) in [7, 11) is 0. The molecule has 3 aromatic rings. The Morgan fingerprint density at radius 1 is 1.22 bits per heavy atom. The van der Waals surface area contributed by atoms with Crippen LogP contribution in [-0.2, 0) is 13.1 Å². The highest BCUT2D eigenvalue weighted by Crippen LogP contribution is 2.36. The summed E-state index contributed by atoms with van der Waals surface area (Å²) in [5.74, 6) is 2.54. The average Bonchev–Trinajstić information content (AvgIpc) is 3.08. The first-order chi connectivity index (χ1) is 13.2. The van der Waals surface area contributed by atoms with Crippen LogP contribution in [0.15, 0.2) is 41.3 Å². The number of hydrogen-bond donors (Lipinski definition) is 1. The molecule has 2 bridgehead atoms. The minimum atomic E-state index is 0.0842. The van der Waals surface area contributed by atoms with Gasteiger partial charge in [0.15, 0.2) is 5.82 Å². The summed E-state index contributed by atoms with van der Waals surface area (Å²) in [5, 5.41) is 7.19. The molecule has 3 aromatic heterocycles. The fourth-order valence-corrected chi connectivity index (χ4v) is 4.53. The number of aryl methyl sites for hydroxylation is 1. The number of likely N-dealkylation sites (tertiary alicyclic amines) is 1. The largest absolute Gasteiger partial charge is 0.312 e. The van der Waals surface area contributed by atoms with Crippen LogP contribution < -0.4 is 5.56 Å². The van der Waals surface area contributed by atoms with Crippen LogP contribution in [0.2, 0.25) is 0 Å². The molecule has 7 heteroatoms. The molecule has 0 aliphatic carbocycles. The van der Waals surface area contributed by atoms with E-state index in [0.717, 1.165) is 61.2 Å². The van der Waals surface area contributed by atoms with Gasteiger partial charge in [0, 0.05) is 49.1 Å². The highest BCUT2D eigenvalue weighted by molar-refractivity contribution is 5.59. The van der Waals surface area contributed by atoms with Crippen molar-refractivity contribution in [2.24, 2.45) is 5.92 Å². The normalized spacial score (nSPS) is 21.8. The van der Waals surface area contributed by atoms with Gasteiger partial charge in [0.05, 0.1) is 12.2 Å². The number of piperidine rings is 1. The third kappa shape index (κ3) is 3.08. The first kappa shape index (κ1) is 16.4. The number of aromatic amines is 1. The minimum Gasteiger partial charge on any atom is -0.312 e. The van der Waals surface area contributed by atoms with Crippen LogP contribution in [0.4, 0.5) is 0 Å². The first-order valence-corrected chi connectivity index (χ1v) is 9.42. The summed E-state index contributed by atoms with van der Waals surface area (Å²) < 4.78 is 1.97. The monoisotopic (exact) mass is 362 g/mol. The summed E-state index contributed by atoms with van der Waals surface area (Å²) in [4.78, 5) is 24.0.